The fourth-order valence-electron chi connectivity index (χ4n) is 4.18. The zero-order valence-electron chi connectivity index (χ0n) is 17.6. The second-order valence-corrected chi connectivity index (χ2v) is 8.02. The van der Waals surface area contributed by atoms with Crippen LogP contribution in [0.1, 0.15) is 24.0 Å². The summed E-state index contributed by atoms with van der Waals surface area (Å²) in [5, 5.41) is 3.09. The highest BCUT2D eigenvalue weighted by molar-refractivity contribution is 5.79. The smallest absolute Gasteiger partial charge is 0.293 e. The Balaban J connectivity index is 1.35. The van der Waals surface area contributed by atoms with Gasteiger partial charge < -0.3 is 14.8 Å². The fraction of sp³-hybridized carbons (Fsp3) is 0.375. The van der Waals surface area contributed by atoms with Crippen molar-refractivity contribution in [2.75, 3.05) is 24.5 Å². The van der Waals surface area contributed by atoms with Crippen LogP contribution < -0.4 is 15.8 Å². The van der Waals surface area contributed by atoms with E-state index in [0.29, 0.717) is 25.5 Å². The predicted octanol–water partition coefficient (Wildman–Crippen LogP) is 2.82. The third-order valence-corrected chi connectivity index (χ3v) is 6.09. The molecule has 2 heterocycles. The molecule has 0 bridgehead atoms. The predicted molar refractivity (Wildman–Crippen MR) is 120 cm³/mol. The number of nitrogens with one attached hydrogen (secondary N) is 1. The number of carbonyl (C=O) groups excluding carboxylic acids is 1. The molecule has 0 spiro atoms. The first kappa shape index (κ1) is 20.1. The number of benzene rings is 2. The molecule has 2 aromatic carbocycles. The molecule has 1 amide bonds. The Bertz CT molecular complexity index is 1110. The van der Waals surface area contributed by atoms with Crippen LogP contribution in [-0.2, 0) is 18.3 Å². The molecule has 156 valence electrons. The lowest BCUT2D eigenvalue weighted by Gasteiger charge is -2.32. The van der Waals surface area contributed by atoms with Crippen molar-refractivity contribution in [3.8, 4) is 0 Å². The van der Waals surface area contributed by atoms with E-state index in [9.17, 15) is 9.59 Å². The topological polar surface area (TPSA) is 67.2 Å². The van der Waals surface area contributed by atoms with Gasteiger partial charge in [0.2, 0.25) is 5.91 Å². The van der Waals surface area contributed by atoms with Crippen LogP contribution in [0.5, 0.6) is 0 Å². The number of rotatable bonds is 5. The summed E-state index contributed by atoms with van der Waals surface area (Å²) < 4.78 is 1.65. The maximum atomic E-state index is 12.8. The quantitative estimate of drug-likeness (QED) is 0.710. The highest BCUT2D eigenvalue weighted by atomic mass is 16.2. The van der Waals surface area contributed by atoms with Gasteiger partial charge in [0.25, 0.3) is 5.56 Å². The molecule has 4 rings (SSSR count). The van der Waals surface area contributed by atoms with Crippen molar-refractivity contribution in [1.29, 1.82) is 0 Å². The van der Waals surface area contributed by atoms with E-state index in [2.05, 4.69) is 29.4 Å². The van der Waals surface area contributed by atoms with Crippen LogP contribution >= 0.6 is 0 Å². The molecule has 30 heavy (non-hydrogen) atoms. The van der Waals surface area contributed by atoms with Gasteiger partial charge >= 0.3 is 0 Å². The first-order valence-corrected chi connectivity index (χ1v) is 10.6. The monoisotopic (exact) mass is 404 g/mol. The molecular weight excluding hydrogens is 376 g/mol. The molecule has 6 heteroatoms. The van der Waals surface area contributed by atoms with Crippen molar-refractivity contribution in [1.82, 2.24) is 14.9 Å². The van der Waals surface area contributed by atoms with Gasteiger partial charge in [-0.3, -0.25) is 9.59 Å². The molecule has 0 saturated carbocycles. The maximum Gasteiger partial charge on any atom is 0.293 e. The van der Waals surface area contributed by atoms with Crippen LogP contribution in [0.25, 0.3) is 11.0 Å². The zero-order valence-corrected chi connectivity index (χ0v) is 17.6. The van der Waals surface area contributed by atoms with E-state index in [1.807, 2.05) is 41.3 Å². The lowest BCUT2D eigenvalue weighted by Crippen LogP contribution is -2.43. The number of anilines is 1. The number of carbonyl (C=O) groups is 1. The number of nitrogens with zero attached hydrogens (tertiary/aromatic N) is 3. The number of amides is 1. The molecule has 1 aromatic heterocycles. The van der Waals surface area contributed by atoms with Gasteiger partial charge in [0.05, 0.1) is 11.0 Å². The third-order valence-electron chi connectivity index (χ3n) is 6.09. The summed E-state index contributed by atoms with van der Waals surface area (Å²) in [5.74, 6) is 0.583. The summed E-state index contributed by atoms with van der Waals surface area (Å²) in [4.78, 5) is 32.0. The van der Waals surface area contributed by atoms with Gasteiger partial charge in [-0.2, -0.15) is 0 Å². The van der Waals surface area contributed by atoms with E-state index < -0.39 is 0 Å². The summed E-state index contributed by atoms with van der Waals surface area (Å²) >= 11 is 0. The molecule has 0 unspecified atom stereocenters. The van der Waals surface area contributed by atoms with Gasteiger partial charge in [-0.15, -0.1) is 0 Å². The van der Waals surface area contributed by atoms with Gasteiger partial charge in [-0.05, 0) is 49.4 Å². The van der Waals surface area contributed by atoms with Crippen molar-refractivity contribution in [2.45, 2.75) is 26.2 Å². The highest BCUT2D eigenvalue weighted by Gasteiger charge is 2.27. The second-order valence-electron chi connectivity index (χ2n) is 8.02. The number of piperidine rings is 1. The van der Waals surface area contributed by atoms with Gasteiger partial charge in [0.15, 0.2) is 5.82 Å². The Labute approximate surface area is 176 Å². The van der Waals surface area contributed by atoms with Crippen LogP contribution in [-0.4, -0.2) is 35.1 Å². The van der Waals surface area contributed by atoms with Crippen LogP contribution in [0.3, 0.4) is 0 Å². The average molecular weight is 405 g/mol. The lowest BCUT2D eigenvalue weighted by molar-refractivity contribution is -0.125. The lowest BCUT2D eigenvalue weighted by atomic mass is 9.95. The molecule has 6 nitrogen and oxygen atoms in total. The molecular formula is C24H28N4O2. The van der Waals surface area contributed by atoms with E-state index in [1.54, 1.807) is 11.6 Å². The van der Waals surface area contributed by atoms with E-state index in [0.717, 1.165) is 30.3 Å². The molecule has 1 N–H and O–H groups in total. The molecule has 0 radical (unpaired) electrons. The van der Waals surface area contributed by atoms with Crippen molar-refractivity contribution in [2.24, 2.45) is 13.0 Å². The summed E-state index contributed by atoms with van der Waals surface area (Å²) in [6, 6.07) is 15.9. The minimum atomic E-state index is -0.0881. The van der Waals surface area contributed by atoms with Crippen molar-refractivity contribution in [3.63, 3.8) is 0 Å². The standard InChI is InChI=1S/C24H28N4O2/c1-17-7-3-4-8-18(17)11-14-25-23(29)19-12-15-28(16-13-19)22-24(30)27(2)21-10-6-5-9-20(21)26-22/h3-10,19H,11-16H2,1-2H3,(H,25,29). The minimum Gasteiger partial charge on any atom is -0.356 e. The number of para-hydroxylation sites is 2. The molecule has 3 aromatic rings. The van der Waals surface area contributed by atoms with Crippen LogP contribution in [0, 0.1) is 12.8 Å². The molecule has 1 aliphatic heterocycles. The number of fused-ring (bicyclic) bond motifs is 1. The number of aryl methyl sites for hydroxylation is 2. The first-order valence-electron chi connectivity index (χ1n) is 10.6. The first-order chi connectivity index (χ1) is 14.5. The third kappa shape index (κ3) is 4.08. The van der Waals surface area contributed by atoms with E-state index in [1.165, 1.54) is 11.1 Å². The fourth-order valence-corrected chi connectivity index (χ4v) is 4.18. The highest BCUT2D eigenvalue weighted by Crippen LogP contribution is 2.21. The van der Waals surface area contributed by atoms with Gasteiger partial charge in [0.1, 0.15) is 0 Å². The molecule has 1 fully saturated rings. The van der Waals surface area contributed by atoms with Crippen LogP contribution in [0.15, 0.2) is 53.3 Å². The maximum absolute atomic E-state index is 12.8. The Hall–Kier alpha value is -3.15. The normalized spacial score (nSPS) is 14.8. The minimum absolute atomic E-state index is 0.0116. The van der Waals surface area contributed by atoms with Crippen molar-refractivity contribution >= 4 is 22.8 Å². The second kappa shape index (κ2) is 8.69. The molecule has 0 atom stereocenters. The molecule has 1 aliphatic rings. The largest absolute Gasteiger partial charge is 0.356 e. The summed E-state index contributed by atoms with van der Waals surface area (Å²) in [6.45, 7) is 4.07. The Kier molecular flexibility index (Phi) is 5.84. The number of hydrogen-bond acceptors (Lipinski definition) is 4. The number of aromatic nitrogens is 2. The Morgan fingerprint density at radius 1 is 1.10 bits per heavy atom. The van der Waals surface area contributed by atoms with Crippen molar-refractivity contribution < 1.29 is 4.79 Å². The SMILES string of the molecule is Cc1ccccc1CCNC(=O)C1CCN(c2nc3ccccc3n(C)c2=O)CC1. The average Bonchev–Trinajstić information content (AvgIpc) is 2.77. The Morgan fingerprint density at radius 3 is 2.57 bits per heavy atom. The van der Waals surface area contributed by atoms with Crippen LogP contribution in [0.4, 0.5) is 5.82 Å². The van der Waals surface area contributed by atoms with E-state index >= 15 is 0 Å². The molecule has 0 aliphatic carbocycles. The summed E-state index contributed by atoms with van der Waals surface area (Å²) in [5.41, 5.74) is 4.07. The molecule has 1 saturated heterocycles. The summed E-state index contributed by atoms with van der Waals surface area (Å²) in [7, 11) is 1.78. The zero-order chi connectivity index (χ0) is 21.1. The van der Waals surface area contributed by atoms with Gasteiger partial charge in [0, 0.05) is 32.6 Å². The van der Waals surface area contributed by atoms with E-state index in [4.69, 9.17) is 0 Å². The van der Waals surface area contributed by atoms with Gasteiger partial charge in [-0.1, -0.05) is 36.4 Å². The summed E-state index contributed by atoms with van der Waals surface area (Å²) in [6.07, 6.45) is 2.30. The Morgan fingerprint density at radius 2 is 1.80 bits per heavy atom. The number of hydrogen-bond donors (Lipinski definition) is 1. The van der Waals surface area contributed by atoms with Crippen LogP contribution in [0.2, 0.25) is 0 Å². The van der Waals surface area contributed by atoms with Gasteiger partial charge in [-0.25, -0.2) is 4.98 Å². The van der Waals surface area contributed by atoms with E-state index in [-0.39, 0.29) is 17.4 Å². The van der Waals surface area contributed by atoms with Crippen molar-refractivity contribution in [3.05, 3.63) is 70.0 Å².